The number of likely N-dealkylation sites (tertiary alicyclic amines) is 1. The minimum absolute atomic E-state index is 0.135. The first-order valence-corrected chi connectivity index (χ1v) is 8.03. The van der Waals surface area contributed by atoms with E-state index in [1.165, 1.54) is 17.0 Å². The zero-order valence-electron chi connectivity index (χ0n) is 12.5. The predicted octanol–water partition coefficient (Wildman–Crippen LogP) is 2.67. The van der Waals surface area contributed by atoms with E-state index in [4.69, 9.17) is 22.1 Å². The Morgan fingerprint density at radius 1 is 1.43 bits per heavy atom. The number of primary amides is 1. The molecule has 2 amide bonds. The smallest absolute Gasteiger partial charge is 0.315 e. The SMILES string of the molecule is NC(=O)N1CCC[C@@H]1COC(=O)[C@H]1C[C@H]1c1c(F)cccc1Cl. The molecule has 0 spiro atoms. The Bertz CT molecular complexity index is 620. The summed E-state index contributed by atoms with van der Waals surface area (Å²) in [5.41, 5.74) is 5.67. The molecule has 0 aromatic heterocycles. The summed E-state index contributed by atoms with van der Waals surface area (Å²) in [5.74, 6) is -1.36. The lowest BCUT2D eigenvalue weighted by Crippen LogP contribution is -2.42. The normalized spacial score (nSPS) is 26.2. The van der Waals surface area contributed by atoms with Gasteiger partial charge >= 0.3 is 12.0 Å². The third-order valence-electron chi connectivity index (χ3n) is 4.54. The average molecular weight is 341 g/mol. The Hall–Kier alpha value is -1.82. The monoisotopic (exact) mass is 340 g/mol. The number of nitrogens with zero attached hydrogens (tertiary/aromatic N) is 1. The second-order valence-corrected chi connectivity index (χ2v) is 6.45. The van der Waals surface area contributed by atoms with Crippen molar-refractivity contribution in [1.82, 2.24) is 4.90 Å². The molecule has 1 saturated heterocycles. The Labute approximate surface area is 138 Å². The number of hydrogen-bond acceptors (Lipinski definition) is 3. The molecule has 1 aliphatic heterocycles. The van der Waals surface area contributed by atoms with Crippen molar-refractivity contribution in [2.24, 2.45) is 11.7 Å². The molecule has 2 aliphatic rings. The second kappa shape index (κ2) is 6.35. The van der Waals surface area contributed by atoms with Crippen LogP contribution < -0.4 is 5.73 Å². The minimum Gasteiger partial charge on any atom is -0.463 e. The maximum atomic E-state index is 13.9. The van der Waals surface area contributed by atoms with Crippen molar-refractivity contribution in [2.75, 3.05) is 13.2 Å². The summed E-state index contributed by atoms with van der Waals surface area (Å²) in [7, 11) is 0. The molecule has 0 bridgehead atoms. The van der Waals surface area contributed by atoms with Crippen LogP contribution in [0.5, 0.6) is 0 Å². The molecule has 5 nitrogen and oxygen atoms in total. The van der Waals surface area contributed by atoms with Crippen molar-refractivity contribution in [3.63, 3.8) is 0 Å². The predicted molar refractivity (Wildman–Crippen MR) is 82.5 cm³/mol. The van der Waals surface area contributed by atoms with Gasteiger partial charge in [-0.05, 0) is 31.4 Å². The molecule has 2 fully saturated rings. The van der Waals surface area contributed by atoms with E-state index in [0.717, 1.165) is 12.8 Å². The van der Waals surface area contributed by atoms with Gasteiger partial charge < -0.3 is 15.4 Å². The number of amides is 2. The third-order valence-corrected chi connectivity index (χ3v) is 4.87. The molecule has 1 aliphatic carbocycles. The Kier molecular flexibility index (Phi) is 4.43. The number of esters is 1. The molecule has 124 valence electrons. The fraction of sp³-hybridized carbons (Fsp3) is 0.500. The summed E-state index contributed by atoms with van der Waals surface area (Å²) in [6, 6.07) is 3.83. The molecule has 3 atom stereocenters. The van der Waals surface area contributed by atoms with Crippen LogP contribution in [0.2, 0.25) is 5.02 Å². The van der Waals surface area contributed by atoms with Crippen molar-refractivity contribution in [2.45, 2.75) is 31.2 Å². The summed E-state index contributed by atoms with van der Waals surface area (Å²) < 4.78 is 19.2. The van der Waals surface area contributed by atoms with Gasteiger partial charge in [-0.2, -0.15) is 0 Å². The van der Waals surface area contributed by atoms with Gasteiger partial charge in [-0.25, -0.2) is 9.18 Å². The quantitative estimate of drug-likeness (QED) is 0.856. The summed E-state index contributed by atoms with van der Waals surface area (Å²) in [5, 5.41) is 0.334. The first-order chi connectivity index (χ1) is 11.0. The second-order valence-electron chi connectivity index (χ2n) is 6.04. The number of benzene rings is 1. The van der Waals surface area contributed by atoms with Crippen LogP contribution in [0.3, 0.4) is 0 Å². The highest BCUT2D eigenvalue weighted by Crippen LogP contribution is 2.51. The van der Waals surface area contributed by atoms with E-state index in [2.05, 4.69) is 0 Å². The van der Waals surface area contributed by atoms with Gasteiger partial charge in [-0.3, -0.25) is 4.79 Å². The molecule has 0 radical (unpaired) electrons. The van der Waals surface area contributed by atoms with Gasteiger partial charge in [0.2, 0.25) is 0 Å². The van der Waals surface area contributed by atoms with Crippen LogP contribution in [0, 0.1) is 11.7 Å². The van der Waals surface area contributed by atoms with Crippen molar-refractivity contribution in [1.29, 1.82) is 0 Å². The fourth-order valence-corrected chi connectivity index (χ4v) is 3.53. The van der Waals surface area contributed by atoms with Crippen molar-refractivity contribution in [3.05, 3.63) is 34.6 Å². The lowest BCUT2D eigenvalue weighted by atomic mass is 10.1. The highest BCUT2D eigenvalue weighted by atomic mass is 35.5. The zero-order chi connectivity index (χ0) is 16.6. The largest absolute Gasteiger partial charge is 0.463 e. The van der Waals surface area contributed by atoms with Crippen molar-refractivity contribution in [3.8, 4) is 0 Å². The third kappa shape index (κ3) is 3.27. The van der Waals surface area contributed by atoms with E-state index >= 15 is 0 Å². The molecule has 3 rings (SSSR count). The van der Waals surface area contributed by atoms with Crippen LogP contribution in [-0.4, -0.2) is 36.1 Å². The first kappa shape index (κ1) is 16.1. The van der Waals surface area contributed by atoms with Crippen LogP contribution in [0.25, 0.3) is 0 Å². The standard InChI is InChI=1S/C16H18ClFN2O3/c17-12-4-1-5-13(18)14(12)10-7-11(10)15(21)23-8-9-3-2-6-20(9)16(19)22/h1,4-5,9-11H,2-3,6-8H2,(H2,19,22)/t9-,10-,11+/m1/s1. The highest BCUT2D eigenvalue weighted by molar-refractivity contribution is 6.31. The zero-order valence-corrected chi connectivity index (χ0v) is 13.3. The molecule has 1 heterocycles. The summed E-state index contributed by atoms with van der Waals surface area (Å²) >= 11 is 6.02. The Morgan fingerprint density at radius 2 is 2.22 bits per heavy atom. The van der Waals surface area contributed by atoms with E-state index in [9.17, 15) is 14.0 Å². The summed E-state index contributed by atoms with van der Waals surface area (Å²) in [4.78, 5) is 24.9. The van der Waals surface area contributed by atoms with Crippen molar-refractivity contribution >= 4 is 23.6 Å². The van der Waals surface area contributed by atoms with Crippen LogP contribution in [0.4, 0.5) is 9.18 Å². The molecule has 23 heavy (non-hydrogen) atoms. The molecule has 1 aromatic rings. The maximum absolute atomic E-state index is 13.9. The van der Waals surface area contributed by atoms with E-state index in [1.54, 1.807) is 6.07 Å². The number of halogens is 2. The molecule has 7 heteroatoms. The molecule has 1 aromatic carbocycles. The number of hydrogen-bond donors (Lipinski definition) is 1. The van der Waals surface area contributed by atoms with Gasteiger partial charge in [0.25, 0.3) is 0 Å². The van der Waals surface area contributed by atoms with Crippen LogP contribution in [-0.2, 0) is 9.53 Å². The molecule has 2 N–H and O–H groups in total. The van der Waals surface area contributed by atoms with Gasteiger partial charge in [-0.15, -0.1) is 0 Å². The lowest BCUT2D eigenvalue weighted by Gasteiger charge is -2.22. The van der Waals surface area contributed by atoms with Gasteiger partial charge in [0.05, 0.1) is 12.0 Å². The molecular formula is C16H18ClFN2O3. The number of ether oxygens (including phenoxy) is 1. The Morgan fingerprint density at radius 3 is 2.91 bits per heavy atom. The fourth-order valence-electron chi connectivity index (χ4n) is 3.22. The van der Waals surface area contributed by atoms with Crippen LogP contribution >= 0.6 is 11.6 Å². The average Bonchev–Trinajstić information content (AvgIpc) is 3.12. The van der Waals surface area contributed by atoms with Crippen LogP contribution in [0.1, 0.15) is 30.7 Å². The molecule has 0 unspecified atom stereocenters. The van der Waals surface area contributed by atoms with Gasteiger partial charge in [0, 0.05) is 23.0 Å². The van der Waals surface area contributed by atoms with E-state index < -0.39 is 11.8 Å². The highest BCUT2D eigenvalue weighted by Gasteiger charge is 2.47. The number of rotatable bonds is 4. The maximum Gasteiger partial charge on any atom is 0.315 e. The molecule has 1 saturated carbocycles. The first-order valence-electron chi connectivity index (χ1n) is 7.65. The number of urea groups is 1. The van der Waals surface area contributed by atoms with Gasteiger partial charge in [0.1, 0.15) is 12.4 Å². The topological polar surface area (TPSA) is 72.6 Å². The summed E-state index contributed by atoms with van der Waals surface area (Å²) in [6.45, 7) is 0.727. The number of carbonyl (C=O) groups is 2. The number of nitrogens with two attached hydrogens (primary N) is 1. The lowest BCUT2D eigenvalue weighted by molar-refractivity contribution is -0.146. The van der Waals surface area contributed by atoms with E-state index in [-0.39, 0.29) is 30.5 Å². The minimum atomic E-state index is -0.494. The van der Waals surface area contributed by atoms with E-state index in [1.807, 2.05) is 0 Å². The Balaban J connectivity index is 1.56. The van der Waals surface area contributed by atoms with Crippen molar-refractivity contribution < 1.29 is 18.7 Å². The molecular weight excluding hydrogens is 323 g/mol. The van der Waals surface area contributed by atoms with E-state index in [0.29, 0.717) is 23.6 Å². The van der Waals surface area contributed by atoms with Gasteiger partial charge in [-0.1, -0.05) is 17.7 Å². The van der Waals surface area contributed by atoms with Crippen LogP contribution in [0.15, 0.2) is 18.2 Å². The summed E-state index contributed by atoms with van der Waals surface area (Å²) in [6.07, 6.45) is 2.15. The van der Waals surface area contributed by atoms with Gasteiger partial charge in [0.15, 0.2) is 0 Å². The number of carbonyl (C=O) groups excluding carboxylic acids is 2.